The van der Waals surface area contributed by atoms with Crippen LogP contribution in [0.3, 0.4) is 0 Å². The van der Waals surface area contributed by atoms with Gasteiger partial charge >= 0.3 is 6.03 Å². The van der Waals surface area contributed by atoms with Gasteiger partial charge in [0.1, 0.15) is 0 Å². The number of carbonyl (C=O) groups excluding carboxylic acids is 2. The van der Waals surface area contributed by atoms with E-state index in [1.165, 1.54) is 6.42 Å². The number of hydrogen-bond acceptors (Lipinski definition) is 4. The Morgan fingerprint density at radius 3 is 2.53 bits per heavy atom. The van der Waals surface area contributed by atoms with Crippen LogP contribution in [-0.2, 0) is 4.79 Å². The quantitative estimate of drug-likeness (QED) is 0.642. The van der Waals surface area contributed by atoms with E-state index in [0.717, 1.165) is 38.4 Å². The van der Waals surface area contributed by atoms with Crippen molar-refractivity contribution in [3.8, 4) is 0 Å². The minimum atomic E-state index is -0.406. The fourth-order valence-corrected chi connectivity index (χ4v) is 2.36. The fourth-order valence-electron chi connectivity index (χ4n) is 2.36. The Balaban J connectivity index is 2.18. The molecule has 3 amide bonds. The van der Waals surface area contributed by atoms with Crippen LogP contribution in [-0.4, -0.2) is 56.6 Å². The van der Waals surface area contributed by atoms with Gasteiger partial charge in [0.05, 0.1) is 6.54 Å². The summed E-state index contributed by atoms with van der Waals surface area (Å²) < 4.78 is 0. The zero-order chi connectivity index (χ0) is 14.1. The van der Waals surface area contributed by atoms with E-state index < -0.39 is 6.03 Å². The molecule has 0 unspecified atom stereocenters. The molecule has 1 rings (SSSR count). The SMILES string of the molecule is CCNC(=O)NC(=O)CN1CCC(CCNC)CC1. The molecule has 0 saturated carbocycles. The number of nitrogens with one attached hydrogen (secondary N) is 3. The lowest BCUT2D eigenvalue weighted by molar-refractivity contribution is -0.121. The van der Waals surface area contributed by atoms with Crippen molar-refractivity contribution in [3.05, 3.63) is 0 Å². The molecule has 0 radical (unpaired) electrons. The number of likely N-dealkylation sites (tertiary alicyclic amines) is 1. The zero-order valence-corrected chi connectivity index (χ0v) is 12.0. The van der Waals surface area contributed by atoms with Crippen LogP contribution in [0.4, 0.5) is 4.79 Å². The molecular formula is C13H26N4O2. The van der Waals surface area contributed by atoms with Crippen molar-refractivity contribution in [1.82, 2.24) is 20.9 Å². The minimum Gasteiger partial charge on any atom is -0.338 e. The first-order valence-corrected chi connectivity index (χ1v) is 7.10. The van der Waals surface area contributed by atoms with Crippen molar-refractivity contribution >= 4 is 11.9 Å². The van der Waals surface area contributed by atoms with Gasteiger partial charge in [-0.1, -0.05) is 0 Å². The largest absolute Gasteiger partial charge is 0.338 e. The van der Waals surface area contributed by atoms with Crippen LogP contribution in [0.5, 0.6) is 0 Å². The lowest BCUT2D eigenvalue weighted by Gasteiger charge is -2.31. The summed E-state index contributed by atoms with van der Waals surface area (Å²) in [6, 6.07) is -0.406. The smallest absolute Gasteiger partial charge is 0.321 e. The van der Waals surface area contributed by atoms with Crippen molar-refractivity contribution < 1.29 is 9.59 Å². The number of rotatable bonds is 6. The van der Waals surface area contributed by atoms with Crippen molar-refractivity contribution in [1.29, 1.82) is 0 Å². The lowest BCUT2D eigenvalue weighted by Crippen LogP contribution is -2.46. The lowest BCUT2D eigenvalue weighted by atomic mass is 9.93. The monoisotopic (exact) mass is 270 g/mol. The Kier molecular flexibility index (Phi) is 7.43. The third-order valence-corrected chi connectivity index (χ3v) is 3.47. The summed E-state index contributed by atoms with van der Waals surface area (Å²) >= 11 is 0. The summed E-state index contributed by atoms with van der Waals surface area (Å²) in [5.41, 5.74) is 0. The molecule has 0 aromatic heterocycles. The topological polar surface area (TPSA) is 73.5 Å². The molecule has 0 bridgehead atoms. The molecule has 0 aromatic carbocycles. The highest BCUT2D eigenvalue weighted by Gasteiger charge is 2.20. The number of nitrogens with zero attached hydrogens (tertiary/aromatic N) is 1. The average molecular weight is 270 g/mol. The minimum absolute atomic E-state index is 0.223. The molecule has 1 fully saturated rings. The highest BCUT2D eigenvalue weighted by molar-refractivity contribution is 5.95. The molecule has 110 valence electrons. The van der Waals surface area contributed by atoms with Crippen molar-refractivity contribution in [2.45, 2.75) is 26.2 Å². The van der Waals surface area contributed by atoms with E-state index in [1.807, 2.05) is 14.0 Å². The van der Waals surface area contributed by atoms with E-state index in [4.69, 9.17) is 0 Å². The first kappa shape index (κ1) is 15.9. The van der Waals surface area contributed by atoms with E-state index in [9.17, 15) is 9.59 Å². The van der Waals surface area contributed by atoms with E-state index in [0.29, 0.717) is 13.1 Å². The summed E-state index contributed by atoms with van der Waals surface area (Å²) in [5, 5.41) is 8.05. The van der Waals surface area contributed by atoms with Crippen LogP contribution in [0, 0.1) is 5.92 Å². The maximum Gasteiger partial charge on any atom is 0.321 e. The second-order valence-electron chi connectivity index (χ2n) is 5.02. The van der Waals surface area contributed by atoms with Crippen LogP contribution < -0.4 is 16.0 Å². The van der Waals surface area contributed by atoms with Crippen LogP contribution in [0.2, 0.25) is 0 Å². The van der Waals surface area contributed by atoms with Gasteiger partial charge < -0.3 is 10.6 Å². The first-order chi connectivity index (χ1) is 9.15. The molecule has 1 aliphatic heterocycles. The summed E-state index contributed by atoms with van der Waals surface area (Å²) in [6.07, 6.45) is 3.47. The van der Waals surface area contributed by atoms with E-state index >= 15 is 0 Å². The first-order valence-electron chi connectivity index (χ1n) is 7.10. The average Bonchev–Trinajstić information content (AvgIpc) is 2.38. The second kappa shape index (κ2) is 8.87. The third-order valence-electron chi connectivity index (χ3n) is 3.47. The Hall–Kier alpha value is -1.14. The second-order valence-corrected chi connectivity index (χ2v) is 5.02. The predicted molar refractivity (Wildman–Crippen MR) is 74.9 cm³/mol. The fraction of sp³-hybridized carbons (Fsp3) is 0.846. The zero-order valence-electron chi connectivity index (χ0n) is 12.0. The number of hydrogen-bond donors (Lipinski definition) is 3. The van der Waals surface area contributed by atoms with Gasteiger partial charge in [-0.15, -0.1) is 0 Å². The van der Waals surface area contributed by atoms with Gasteiger partial charge in [-0.25, -0.2) is 4.79 Å². The van der Waals surface area contributed by atoms with E-state index in [-0.39, 0.29) is 5.91 Å². The molecule has 19 heavy (non-hydrogen) atoms. The molecule has 0 spiro atoms. The molecule has 6 nitrogen and oxygen atoms in total. The molecule has 1 aliphatic rings. The van der Waals surface area contributed by atoms with Gasteiger partial charge in [0.2, 0.25) is 5.91 Å². The standard InChI is InChI=1S/C13H26N4O2/c1-3-15-13(19)16-12(18)10-17-8-5-11(6-9-17)4-7-14-2/h11,14H,3-10H2,1-2H3,(H2,15,16,18,19). The van der Waals surface area contributed by atoms with Gasteiger partial charge in [-0.3, -0.25) is 15.0 Å². The highest BCUT2D eigenvalue weighted by atomic mass is 16.2. The van der Waals surface area contributed by atoms with Gasteiger partial charge in [-0.2, -0.15) is 0 Å². The van der Waals surface area contributed by atoms with Crippen molar-refractivity contribution in [2.75, 3.05) is 39.8 Å². The van der Waals surface area contributed by atoms with Crippen LogP contribution in [0.1, 0.15) is 26.2 Å². The molecule has 0 atom stereocenters. The van der Waals surface area contributed by atoms with Gasteiger partial charge in [0.25, 0.3) is 0 Å². The Bertz CT molecular complexity index is 288. The maximum absolute atomic E-state index is 11.6. The Morgan fingerprint density at radius 2 is 1.95 bits per heavy atom. The normalized spacial score (nSPS) is 17.2. The summed E-state index contributed by atoms with van der Waals surface area (Å²) in [5.74, 6) is 0.537. The molecule has 6 heteroatoms. The number of imide groups is 1. The molecule has 0 aromatic rings. The Morgan fingerprint density at radius 1 is 1.26 bits per heavy atom. The van der Waals surface area contributed by atoms with Crippen molar-refractivity contribution in [3.63, 3.8) is 0 Å². The van der Waals surface area contributed by atoms with Crippen molar-refractivity contribution in [2.24, 2.45) is 5.92 Å². The van der Waals surface area contributed by atoms with Gasteiger partial charge in [0.15, 0.2) is 0 Å². The summed E-state index contributed by atoms with van der Waals surface area (Å²) in [4.78, 5) is 24.9. The maximum atomic E-state index is 11.6. The van der Waals surface area contributed by atoms with Gasteiger partial charge in [0, 0.05) is 6.54 Å². The predicted octanol–water partition coefficient (Wildman–Crippen LogP) is 0.154. The van der Waals surface area contributed by atoms with Crippen LogP contribution >= 0.6 is 0 Å². The molecule has 3 N–H and O–H groups in total. The van der Waals surface area contributed by atoms with Crippen LogP contribution in [0.25, 0.3) is 0 Å². The number of carbonyl (C=O) groups is 2. The number of urea groups is 1. The molecule has 1 saturated heterocycles. The molecule has 1 heterocycles. The highest BCUT2D eigenvalue weighted by Crippen LogP contribution is 2.19. The summed E-state index contributed by atoms with van der Waals surface area (Å²) in [7, 11) is 1.97. The van der Waals surface area contributed by atoms with Gasteiger partial charge in [-0.05, 0) is 58.8 Å². The van der Waals surface area contributed by atoms with Crippen LogP contribution in [0.15, 0.2) is 0 Å². The van der Waals surface area contributed by atoms with E-state index in [2.05, 4.69) is 20.9 Å². The van der Waals surface area contributed by atoms with E-state index in [1.54, 1.807) is 0 Å². The molecule has 0 aliphatic carbocycles. The Labute approximate surface area is 115 Å². The number of piperidine rings is 1. The number of amides is 3. The summed E-state index contributed by atoms with van der Waals surface area (Å²) in [6.45, 7) is 5.60. The molecular weight excluding hydrogens is 244 g/mol. The third kappa shape index (κ3) is 6.54.